The van der Waals surface area contributed by atoms with Crippen molar-refractivity contribution in [1.29, 1.82) is 0 Å². The molecule has 0 saturated heterocycles. The fourth-order valence-electron chi connectivity index (χ4n) is 1.99. The van der Waals surface area contributed by atoms with E-state index in [0.29, 0.717) is 0 Å². The molecule has 0 fully saturated rings. The molecule has 0 saturated carbocycles. The van der Waals surface area contributed by atoms with E-state index >= 15 is 0 Å². The lowest BCUT2D eigenvalue weighted by Crippen LogP contribution is -2.48. The van der Waals surface area contributed by atoms with E-state index in [1.165, 1.54) is 25.2 Å². The Kier molecular flexibility index (Phi) is 6.18. The second kappa shape index (κ2) is 7.01. The highest BCUT2D eigenvalue weighted by atomic mass is 35.5. The van der Waals surface area contributed by atoms with Gasteiger partial charge in [-0.2, -0.15) is 8.78 Å². The molecule has 2 atom stereocenters. The molecule has 0 unspecified atom stereocenters. The van der Waals surface area contributed by atoms with Crippen LogP contribution in [-0.2, 0) is 15.8 Å². The van der Waals surface area contributed by atoms with Gasteiger partial charge in [-0.3, -0.25) is 0 Å². The maximum Gasteiger partial charge on any atom is 0.376 e. The maximum atomic E-state index is 14.3. The molecule has 0 heterocycles. The first kappa shape index (κ1) is 20.3. The first-order chi connectivity index (χ1) is 10.3. The largest absolute Gasteiger partial charge is 0.477 e. The standard InChI is InChI=1S/C14H17Cl2F2NO3S/c1-13(2,3)23(22)19(4)11(14(17,18)12(20)21)9-6-5-8(15)7-10(9)16/h5-7,11H,1-4H3,(H,20,21)/t11-,23-/m1/s1. The summed E-state index contributed by atoms with van der Waals surface area (Å²) in [6, 6.07) is 1.76. The number of hydrogen-bond donors (Lipinski definition) is 1. The van der Waals surface area contributed by atoms with Crippen LogP contribution in [0.4, 0.5) is 8.78 Å². The van der Waals surface area contributed by atoms with Crippen LogP contribution in [0.2, 0.25) is 10.0 Å². The molecule has 9 heteroatoms. The zero-order chi connectivity index (χ0) is 18.2. The van der Waals surface area contributed by atoms with Crippen molar-refractivity contribution in [2.24, 2.45) is 0 Å². The quantitative estimate of drug-likeness (QED) is 0.825. The van der Waals surface area contributed by atoms with E-state index in [1.807, 2.05) is 0 Å². The highest BCUT2D eigenvalue weighted by Crippen LogP contribution is 2.41. The van der Waals surface area contributed by atoms with Crippen LogP contribution in [0.1, 0.15) is 32.4 Å². The van der Waals surface area contributed by atoms with E-state index in [2.05, 4.69) is 0 Å². The molecule has 1 aromatic carbocycles. The summed E-state index contributed by atoms with van der Waals surface area (Å²) < 4.78 is 41.0. The molecule has 1 N–H and O–H groups in total. The van der Waals surface area contributed by atoms with Crippen LogP contribution in [0, 0.1) is 0 Å². The van der Waals surface area contributed by atoms with Crippen LogP contribution in [0.5, 0.6) is 0 Å². The topological polar surface area (TPSA) is 57.6 Å². The van der Waals surface area contributed by atoms with Crippen LogP contribution in [0.15, 0.2) is 18.2 Å². The van der Waals surface area contributed by atoms with Gasteiger partial charge in [0.15, 0.2) is 0 Å². The summed E-state index contributed by atoms with van der Waals surface area (Å²) in [6.07, 6.45) is 0. The van der Waals surface area contributed by atoms with E-state index in [-0.39, 0.29) is 15.6 Å². The van der Waals surface area contributed by atoms with Gasteiger partial charge in [0, 0.05) is 17.1 Å². The van der Waals surface area contributed by atoms with Gasteiger partial charge in [-0.25, -0.2) is 13.3 Å². The monoisotopic (exact) mass is 387 g/mol. The Morgan fingerprint density at radius 3 is 2.22 bits per heavy atom. The molecule has 0 bridgehead atoms. The SMILES string of the molecule is CN([C@H](c1ccc(Cl)cc1Cl)C(F)(F)C(=O)O)[S@](=O)C(C)(C)C. The highest BCUT2D eigenvalue weighted by Gasteiger charge is 2.53. The molecule has 0 aliphatic carbocycles. The van der Waals surface area contributed by atoms with E-state index in [9.17, 15) is 17.8 Å². The highest BCUT2D eigenvalue weighted by molar-refractivity contribution is 7.84. The van der Waals surface area contributed by atoms with E-state index < -0.39 is 33.7 Å². The first-order valence-corrected chi connectivity index (χ1v) is 8.37. The predicted molar refractivity (Wildman–Crippen MR) is 87.4 cm³/mol. The molecule has 4 nitrogen and oxygen atoms in total. The number of benzene rings is 1. The van der Waals surface area contributed by atoms with Gasteiger partial charge in [-0.05, 0) is 38.5 Å². The number of carbonyl (C=O) groups is 1. The van der Waals surface area contributed by atoms with Gasteiger partial charge in [0.25, 0.3) is 0 Å². The van der Waals surface area contributed by atoms with Crippen molar-refractivity contribution in [2.75, 3.05) is 7.05 Å². The minimum Gasteiger partial charge on any atom is -0.477 e. The molecule has 0 amide bonds. The van der Waals surface area contributed by atoms with Crippen molar-refractivity contribution in [2.45, 2.75) is 37.5 Å². The van der Waals surface area contributed by atoms with E-state index in [1.54, 1.807) is 20.8 Å². The molecule has 0 aliphatic heterocycles. The molecule has 23 heavy (non-hydrogen) atoms. The van der Waals surface area contributed by atoms with Gasteiger partial charge in [0.1, 0.15) is 17.0 Å². The molecule has 0 spiro atoms. The van der Waals surface area contributed by atoms with Gasteiger partial charge in [0.2, 0.25) is 0 Å². The van der Waals surface area contributed by atoms with Crippen molar-refractivity contribution in [1.82, 2.24) is 4.31 Å². The number of rotatable bonds is 5. The Balaban J connectivity index is 3.51. The predicted octanol–water partition coefficient (Wildman–Crippen LogP) is 4.15. The number of nitrogens with zero attached hydrogens (tertiary/aromatic N) is 1. The fourth-order valence-corrected chi connectivity index (χ4v) is 3.80. The maximum absolute atomic E-state index is 14.3. The van der Waals surface area contributed by atoms with Crippen molar-refractivity contribution >= 4 is 40.2 Å². The molecule has 1 rings (SSSR count). The van der Waals surface area contributed by atoms with Gasteiger partial charge < -0.3 is 5.11 Å². The van der Waals surface area contributed by atoms with E-state index in [4.69, 9.17) is 28.3 Å². The Morgan fingerprint density at radius 2 is 1.83 bits per heavy atom. The molecule has 0 aromatic heterocycles. The number of alkyl halides is 2. The molecular weight excluding hydrogens is 371 g/mol. The Morgan fingerprint density at radius 1 is 1.30 bits per heavy atom. The Bertz CT molecular complexity index is 635. The first-order valence-electron chi connectivity index (χ1n) is 6.51. The summed E-state index contributed by atoms with van der Waals surface area (Å²) in [7, 11) is -0.716. The average Bonchev–Trinajstić information content (AvgIpc) is 2.39. The summed E-state index contributed by atoms with van der Waals surface area (Å²) in [5.74, 6) is -6.53. The number of aliphatic carboxylic acids is 1. The van der Waals surface area contributed by atoms with Crippen molar-refractivity contribution in [3.8, 4) is 0 Å². The molecule has 1 aromatic rings. The van der Waals surface area contributed by atoms with Crippen molar-refractivity contribution in [3.05, 3.63) is 33.8 Å². The lowest BCUT2D eigenvalue weighted by atomic mass is 10.0. The van der Waals surface area contributed by atoms with Gasteiger partial charge in [-0.15, -0.1) is 0 Å². The van der Waals surface area contributed by atoms with Crippen LogP contribution in [0.25, 0.3) is 0 Å². The summed E-state index contributed by atoms with van der Waals surface area (Å²) >= 11 is 11.7. The summed E-state index contributed by atoms with van der Waals surface area (Å²) in [6.45, 7) is 4.79. The normalized spacial score (nSPS) is 15.5. The summed E-state index contributed by atoms with van der Waals surface area (Å²) in [5, 5.41) is 9.00. The summed E-state index contributed by atoms with van der Waals surface area (Å²) in [4.78, 5) is 11.0. The third-order valence-electron chi connectivity index (χ3n) is 3.03. The third kappa shape index (κ3) is 4.41. The van der Waals surface area contributed by atoms with Gasteiger partial charge in [0.05, 0.1) is 4.75 Å². The summed E-state index contributed by atoms with van der Waals surface area (Å²) in [5.41, 5.74) is -0.163. The lowest BCUT2D eigenvalue weighted by molar-refractivity contribution is -0.172. The lowest BCUT2D eigenvalue weighted by Gasteiger charge is -2.35. The van der Waals surface area contributed by atoms with Crippen LogP contribution in [-0.4, -0.2) is 37.3 Å². The molecule has 0 aliphatic rings. The Hall–Kier alpha value is -0.760. The molecular formula is C14H17Cl2F2NO3S. The average molecular weight is 388 g/mol. The van der Waals surface area contributed by atoms with Gasteiger partial charge in [-0.1, -0.05) is 29.3 Å². The van der Waals surface area contributed by atoms with Crippen molar-refractivity contribution in [3.63, 3.8) is 0 Å². The number of carboxylic acid groups (broad SMARTS) is 1. The third-order valence-corrected chi connectivity index (χ3v) is 5.38. The van der Waals surface area contributed by atoms with Crippen molar-refractivity contribution < 1.29 is 22.9 Å². The van der Waals surface area contributed by atoms with E-state index in [0.717, 1.165) is 4.31 Å². The Labute approximate surface area is 146 Å². The fraction of sp³-hybridized carbons (Fsp3) is 0.500. The smallest absolute Gasteiger partial charge is 0.376 e. The molecule has 0 radical (unpaired) electrons. The van der Waals surface area contributed by atoms with Crippen LogP contribution >= 0.6 is 23.2 Å². The number of hydrogen-bond acceptors (Lipinski definition) is 2. The number of carboxylic acids is 1. The minimum atomic E-state index is -4.20. The van der Waals surface area contributed by atoms with Crippen LogP contribution < -0.4 is 0 Å². The minimum absolute atomic E-state index is 0.124. The zero-order valence-corrected chi connectivity index (χ0v) is 15.3. The second-order valence-electron chi connectivity index (χ2n) is 5.90. The zero-order valence-electron chi connectivity index (χ0n) is 12.9. The second-order valence-corrected chi connectivity index (χ2v) is 9.05. The van der Waals surface area contributed by atoms with Gasteiger partial charge >= 0.3 is 11.9 Å². The molecule has 130 valence electrons. The number of halogens is 4. The van der Waals surface area contributed by atoms with Crippen LogP contribution in [0.3, 0.4) is 0 Å².